The second kappa shape index (κ2) is 13.1. The Morgan fingerprint density at radius 3 is 2.49 bits per heavy atom. The maximum Gasteiger partial charge on any atom is 0.150 e. The molecule has 0 bridgehead atoms. The number of benzene rings is 3. The van der Waals surface area contributed by atoms with Crippen LogP contribution in [0.25, 0.3) is 10.9 Å². The number of carbonyl (C=O) groups is 1. The van der Waals surface area contributed by atoms with Crippen LogP contribution < -0.4 is 4.72 Å². The van der Waals surface area contributed by atoms with Crippen LogP contribution in [0.15, 0.2) is 77.8 Å². The van der Waals surface area contributed by atoms with Crippen molar-refractivity contribution in [3.8, 4) is 5.75 Å². The van der Waals surface area contributed by atoms with Crippen LogP contribution in [0.4, 0.5) is 5.69 Å². The van der Waals surface area contributed by atoms with Crippen LogP contribution in [-0.4, -0.2) is 59.4 Å². The van der Waals surface area contributed by atoms with Crippen molar-refractivity contribution in [2.75, 3.05) is 37.9 Å². The molecule has 0 atom stereocenters. The molecule has 1 aromatic heterocycles. The van der Waals surface area contributed by atoms with E-state index in [0.717, 1.165) is 59.5 Å². The number of aldehydes is 1. The maximum atomic E-state index is 10.6. The molecule has 0 aliphatic carbocycles. The van der Waals surface area contributed by atoms with Crippen LogP contribution in [0.1, 0.15) is 15.9 Å². The lowest BCUT2D eigenvalue weighted by Crippen LogP contribution is -2.43. The van der Waals surface area contributed by atoms with E-state index in [-0.39, 0.29) is 5.75 Å². The number of likely N-dealkylation sites (N-methyl/N-ethyl adjacent to an activating group) is 1. The van der Waals surface area contributed by atoms with E-state index in [1.165, 1.54) is 11.9 Å². The minimum Gasteiger partial charge on any atom is -0.506 e. The Bertz CT molecular complexity index is 1340. The number of carbonyl (C=O) groups excluding carboxylic acids is 1. The van der Waals surface area contributed by atoms with Crippen LogP contribution >= 0.6 is 35.1 Å². The maximum absolute atomic E-state index is 10.6. The topological polar surface area (TPSA) is 68.7 Å². The van der Waals surface area contributed by atoms with Gasteiger partial charge in [-0.1, -0.05) is 41.4 Å². The Hall–Kier alpha value is -2.81. The van der Waals surface area contributed by atoms with Gasteiger partial charge in [-0.15, -0.1) is 0 Å². The van der Waals surface area contributed by atoms with Crippen molar-refractivity contribution in [2.24, 2.45) is 0 Å². The minimum absolute atomic E-state index is 0.148. The molecule has 0 amide bonds. The summed E-state index contributed by atoms with van der Waals surface area (Å²) in [6.07, 6.45) is 2.64. The molecular weight excluding hydrogens is 527 g/mol. The Kier molecular flexibility index (Phi) is 9.66. The predicted octanol–water partition coefficient (Wildman–Crippen LogP) is 6.61. The number of halogens is 2. The number of aromatic hydroxyl groups is 1. The molecular formula is C28H28Cl2N4O2S. The van der Waals surface area contributed by atoms with Crippen LogP contribution in [-0.2, 0) is 6.54 Å². The molecule has 37 heavy (non-hydrogen) atoms. The quantitative estimate of drug-likeness (QED) is 0.205. The highest BCUT2D eigenvalue weighted by molar-refractivity contribution is 8.00. The zero-order valence-corrected chi connectivity index (χ0v) is 22.7. The third-order valence-electron chi connectivity index (χ3n) is 6.02. The number of anilines is 1. The summed E-state index contributed by atoms with van der Waals surface area (Å²) in [6.45, 7) is 4.80. The summed E-state index contributed by atoms with van der Waals surface area (Å²) in [5.74, 6) is 0.148. The number of hydrogen-bond acceptors (Lipinski definition) is 7. The second-order valence-corrected chi connectivity index (χ2v) is 10.4. The van der Waals surface area contributed by atoms with Crippen LogP contribution in [0.5, 0.6) is 5.75 Å². The molecule has 9 heteroatoms. The van der Waals surface area contributed by atoms with Gasteiger partial charge in [0.2, 0.25) is 0 Å². The molecule has 4 aromatic rings. The van der Waals surface area contributed by atoms with E-state index in [2.05, 4.69) is 26.6 Å². The van der Waals surface area contributed by atoms with Crippen molar-refractivity contribution < 1.29 is 9.90 Å². The number of fused-ring (bicyclic) bond motifs is 1. The van der Waals surface area contributed by atoms with Crippen LogP contribution in [0, 0.1) is 0 Å². The molecule has 6 nitrogen and oxygen atoms in total. The van der Waals surface area contributed by atoms with E-state index in [1.807, 2.05) is 42.5 Å². The number of nitrogens with zero attached hydrogens (tertiary/aromatic N) is 3. The van der Waals surface area contributed by atoms with E-state index in [1.54, 1.807) is 30.5 Å². The number of phenolic OH excluding ortho intramolecular Hbond substituents is 1. The van der Waals surface area contributed by atoms with Crippen LogP contribution in [0.2, 0.25) is 10.0 Å². The predicted molar refractivity (Wildman–Crippen MR) is 154 cm³/mol. The highest BCUT2D eigenvalue weighted by Gasteiger charge is 2.16. The van der Waals surface area contributed by atoms with E-state index in [0.29, 0.717) is 22.2 Å². The van der Waals surface area contributed by atoms with Crippen molar-refractivity contribution in [3.05, 3.63) is 94.1 Å². The number of piperazine rings is 1. The Labute approximate surface area is 231 Å². The molecule has 1 aliphatic heterocycles. The number of nitrogens with one attached hydrogen (secondary N) is 1. The third-order valence-corrected chi connectivity index (χ3v) is 7.41. The van der Waals surface area contributed by atoms with Gasteiger partial charge in [0.25, 0.3) is 0 Å². The molecule has 5 rings (SSSR count). The lowest BCUT2D eigenvalue weighted by atomic mass is 10.1. The number of rotatable bonds is 6. The molecule has 1 aliphatic rings. The summed E-state index contributed by atoms with van der Waals surface area (Å²) in [5.41, 5.74) is 3.41. The van der Waals surface area contributed by atoms with Gasteiger partial charge < -0.3 is 14.7 Å². The fourth-order valence-corrected chi connectivity index (χ4v) is 5.20. The fourth-order valence-electron chi connectivity index (χ4n) is 3.89. The summed E-state index contributed by atoms with van der Waals surface area (Å²) < 4.78 is 3.27. The second-order valence-electron chi connectivity index (χ2n) is 8.75. The smallest absolute Gasteiger partial charge is 0.150 e. The SMILES string of the molecule is CN1CCN(Cc2cc(Cl)cc(Cl)c2O)CC1.O=Cc1ccc(NSc2cccc3cccnc23)cc1. The molecule has 192 valence electrons. The zero-order chi connectivity index (χ0) is 26.2. The fraction of sp³-hybridized carbons (Fsp3) is 0.214. The first-order valence-electron chi connectivity index (χ1n) is 11.8. The molecule has 2 heterocycles. The van der Waals surface area contributed by atoms with Gasteiger partial charge in [-0.25, -0.2) is 0 Å². The van der Waals surface area contributed by atoms with Crippen molar-refractivity contribution in [2.45, 2.75) is 11.4 Å². The van der Waals surface area contributed by atoms with Gasteiger partial charge in [0.15, 0.2) is 0 Å². The van der Waals surface area contributed by atoms with E-state index in [4.69, 9.17) is 23.2 Å². The lowest BCUT2D eigenvalue weighted by molar-refractivity contribution is 0.112. The number of para-hydroxylation sites is 1. The highest BCUT2D eigenvalue weighted by atomic mass is 35.5. The summed E-state index contributed by atoms with van der Waals surface area (Å²) >= 11 is 13.4. The van der Waals surface area contributed by atoms with Gasteiger partial charge in [-0.05, 0) is 67.5 Å². The first-order chi connectivity index (χ1) is 17.9. The third kappa shape index (κ3) is 7.60. The molecule has 3 aromatic carbocycles. The Balaban J connectivity index is 0.000000176. The molecule has 2 N–H and O–H groups in total. The lowest BCUT2D eigenvalue weighted by Gasteiger charge is -2.32. The van der Waals surface area contributed by atoms with E-state index < -0.39 is 0 Å². The van der Waals surface area contributed by atoms with Gasteiger partial charge in [-0.3, -0.25) is 14.7 Å². The van der Waals surface area contributed by atoms with Gasteiger partial charge in [0, 0.05) is 66.1 Å². The number of hydrogen-bond donors (Lipinski definition) is 2. The Morgan fingerprint density at radius 1 is 1.03 bits per heavy atom. The molecule has 0 spiro atoms. The standard InChI is InChI=1S/C16H12N2OS.C12H16Cl2N2O/c19-11-12-6-8-14(9-7-12)18-20-15-5-1-3-13-4-2-10-17-16(13)15;1-15-2-4-16(5-3-15)8-9-6-10(13)7-11(14)12(9)17/h1-11,18H;6-7,17H,2-5,8H2,1H3. The molecule has 0 radical (unpaired) electrons. The summed E-state index contributed by atoms with van der Waals surface area (Å²) in [6, 6.07) is 20.8. The van der Waals surface area contributed by atoms with Gasteiger partial charge >= 0.3 is 0 Å². The number of phenols is 1. The first-order valence-corrected chi connectivity index (χ1v) is 13.4. The minimum atomic E-state index is 0.148. The van der Waals surface area contributed by atoms with Crippen molar-refractivity contribution >= 4 is 58.0 Å². The Morgan fingerprint density at radius 2 is 1.76 bits per heavy atom. The molecule has 0 saturated carbocycles. The summed E-state index contributed by atoms with van der Waals surface area (Å²) in [7, 11) is 2.12. The van der Waals surface area contributed by atoms with E-state index >= 15 is 0 Å². The van der Waals surface area contributed by atoms with Gasteiger partial charge in [-0.2, -0.15) is 0 Å². The molecule has 0 unspecified atom stereocenters. The largest absolute Gasteiger partial charge is 0.506 e. The summed E-state index contributed by atoms with van der Waals surface area (Å²) in [4.78, 5) is 20.7. The molecule has 1 fully saturated rings. The van der Waals surface area contributed by atoms with Crippen molar-refractivity contribution in [1.29, 1.82) is 0 Å². The average molecular weight is 556 g/mol. The van der Waals surface area contributed by atoms with Gasteiger partial charge in [0.05, 0.1) is 15.4 Å². The normalized spacial score (nSPS) is 14.1. The monoisotopic (exact) mass is 554 g/mol. The average Bonchev–Trinajstić information content (AvgIpc) is 2.92. The molecule has 1 saturated heterocycles. The van der Waals surface area contributed by atoms with Crippen molar-refractivity contribution in [3.63, 3.8) is 0 Å². The van der Waals surface area contributed by atoms with Gasteiger partial charge in [0.1, 0.15) is 12.0 Å². The zero-order valence-electron chi connectivity index (χ0n) is 20.4. The first kappa shape index (κ1) is 27.2. The highest BCUT2D eigenvalue weighted by Crippen LogP contribution is 2.32. The van der Waals surface area contributed by atoms with Crippen molar-refractivity contribution in [1.82, 2.24) is 14.8 Å². The number of pyridine rings is 1. The number of aromatic nitrogens is 1. The van der Waals surface area contributed by atoms with Crippen LogP contribution in [0.3, 0.4) is 0 Å². The summed E-state index contributed by atoms with van der Waals surface area (Å²) in [5, 5.41) is 11.9. The van der Waals surface area contributed by atoms with E-state index in [9.17, 15) is 9.90 Å².